The maximum atomic E-state index is 10.2. The van der Waals surface area contributed by atoms with Crippen LogP contribution in [0.15, 0.2) is 65.9 Å². The van der Waals surface area contributed by atoms with Gasteiger partial charge in [0.25, 0.3) is 0 Å². The summed E-state index contributed by atoms with van der Waals surface area (Å²) in [7, 11) is -0.469. The molecule has 2 aliphatic carbocycles. The van der Waals surface area contributed by atoms with Crippen molar-refractivity contribution in [2.24, 2.45) is 0 Å². The van der Waals surface area contributed by atoms with Crippen LogP contribution in [0.3, 0.4) is 0 Å². The lowest BCUT2D eigenvalue weighted by Crippen LogP contribution is -2.41. The fourth-order valence-corrected chi connectivity index (χ4v) is 9.53. The Bertz CT molecular complexity index is 2760. The van der Waals surface area contributed by atoms with E-state index in [1.54, 1.807) is 12.4 Å². The van der Waals surface area contributed by atoms with Crippen LogP contribution < -0.4 is 16.9 Å². The van der Waals surface area contributed by atoms with Crippen molar-refractivity contribution in [1.29, 1.82) is 0 Å². The number of aliphatic hydroxyl groups excluding tert-OH is 2. The molecule has 0 spiro atoms. The zero-order valence-electron chi connectivity index (χ0n) is 37.0. The molecule has 64 heavy (non-hydrogen) atoms. The Morgan fingerprint density at radius 3 is 1.70 bits per heavy atom. The first kappa shape index (κ1) is 47.3. The minimum absolute atomic E-state index is 0.219. The molecule has 334 valence electrons. The highest BCUT2D eigenvalue weighted by molar-refractivity contribution is 9.10. The number of rotatable bonds is 4. The standard InChI is InChI=1S/C22H29BN2O3.C21H21ClN4O.C5H4BrClN2/c1-14-10-20-17(12-19(14)24-6)18(23-27-21(2,3)22(4,5)28-23)13-25(20)15-8-7-9-16(26)11-15;1-12-6-20-15(8-19(12)24-2)17(16-9-25-10-18(23)21(16)22)11-26(20)13-4-3-5-14(27)7-13;6-3-1-9-2-4(8)5(3)7/h10,12-13,15-16,26H,7-9,11H2,1-5H3;6,8-11,13-14,27H,3-5,7,23H2,1H3;1-2H,8H2/t15-,16-;13-,14-;/m11./s1. The molecule has 0 radical (unpaired) electrons. The number of pyridine rings is 2. The van der Waals surface area contributed by atoms with Crippen LogP contribution in [0.25, 0.3) is 42.6 Å². The van der Waals surface area contributed by atoms with Gasteiger partial charge in [-0.1, -0.05) is 23.2 Å². The summed E-state index contributed by atoms with van der Waals surface area (Å²) in [5.41, 5.74) is 19.4. The van der Waals surface area contributed by atoms with Gasteiger partial charge >= 0.3 is 7.12 Å². The molecule has 16 heteroatoms. The number of nitrogens with two attached hydrogens (primary N) is 2. The van der Waals surface area contributed by atoms with Crippen molar-refractivity contribution in [1.82, 2.24) is 19.1 Å². The van der Waals surface area contributed by atoms with Crippen molar-refractivity contribution < 1.29 is 19.5 Å². The summed E-state index contributed by atoms with van der Waals surface area (Å²) in [5, 5.41) is 23.3. The van der Waals surface area contributed by atoms with E-state index in [0.29, 0.717) is 32.8 Å². The van der Waals surface area contributed by atoms with Crippen LogP contribution in [0, 0.1) is 27.0 Å². The quantitative estimate of drug-likeness (QED) is 0.101. The van der Waals surface area contributed by atoms with E-state index in [-0.39, 0.29) is 24.3 Å². The normalized spacial score (nSPS) is 21.4. The van der Waals surface area contributed by atoms with Crippen molar-refractivity contribution in [3.63, 3.8) is 0 Å². The Morgan fingerprint density at radius 2 is 1.20 bits per heavy atom. The topological polar surface area (TPSA) is 155 Å². The Labute approximate surface area is 393 Å². The van der Waals surface area contributed by atoms with Crippen molar-refractivity contribution in [3.05, 3.63) is 110 Å². The second kappa shape index (κ2) is 19.1. The second-order valence-corrected chi connectivity index (χ2v) is 19.7. The molecule has 5 heterocycles. The van der Waals surface area contributed by atoms with E-state index in [4.69, 9.17) is 57.1 Å². The van der Waals surface area contributed by atoms with Gasteiger partial charge < -0.3 is 40.1 Å². The molecule has 12 nitrogen and oxygen atoms in total. The minimum atomic E-state index is -0.469. The molecule has 3 aliphatic rings. The zero-order chi connectivity index (χ0) is 46.2. The van der Waals surface area contributed by atoms with Gasteiger partial charge in [-0.2, -0.15) is 0 Å². The molecule has 4 aromatic heterocycles. The summed E-state index contributed by atoms with van der Waals surface area (Å²) in [6.07, 6.45) is 17.4. The van der Waals surface area contributed by atoms with Crippen molar-refractivity contribution in [2.75, 3.05) is 11.5 Å². The van der Waals surface area contributed by atoms with Crippen molar-refractivity contribution >= 4 is 96.3 Å². The Hall–Kier alpha value is -4.64. The molecule has 3 fully saturated rings. The lowest BCUT2D eigenvalue weighted by molar-refractivity contribution is 0.00578. The molecular weight excluding hydrogens is 914 g/mol. The highest BCUT2D eigenvalue weighted by atomic mass is 79.9. The van der Waals surface area contributed by atoms with Crippen LogP contribution in [0.4, 0.5) is 22.7 Å². The number of nitrogen functional groups attached to an aromatic ring is 2. The van der Waals surface area contributed by atoms with E-state index in [1.165, 1.54) is 12.4 Å². The number of aliphatic hydroxyl groups is 2. The summed E-state index contributed by atoms with van der Waals surface area (Å²) in [5.74, 6) is 0. The summed E-state index contributed by atoms with van der Waals surface area (Å²) < 4.78 is 17.9. The van der Waals surface area contributed by atoms with Crippen LogP contribution in [-0.4, -0.2) is 59.8 Å². The third-order valence-electron chi connectivity index (χ3n) is 13.2. The van der Waals surface area contributed by atoms with E-state index < -0.39 is 18.3 Å². The first-order valence-electron chi connectivity index (χ1n) is 21.5. The molecule has 2 aromatic carbocycles. The summed E-state index contributed by atoms with van der Waals surface area (Å²) in [4.78, 5) is 15.3. The number of hydrogen-bond acceptors (Lipinski definition) is 8. The van der Waals surface area contributed by atoms with Gasteiger partial charge in [0.1, 0.15) is 0 Å². The zero-order valence-corrected chi connectivity index (χ0v) is 40.1. The Kier molecular flexibility index (Phi) is 14.1. The van der Waals surface area contributed by atoms with Gasteiger partial charge in [0.15, 0.2) is 11.4 Å². The number of aryl methyl sites for hydroxylation is 2. The van der Waals surface area contributed by atoms with Gasteiger partial charge in [-0.3, -0.25) is 9.97 Å². The minimum Gasteiger partial charge on any atom is -0.399 e. The third-order valence-corrected chi connectivity index (χ3v) is 14.8. The molecule has 0 amide bonds. The summed E-state index contributed by atoms with van der Waals surface area (Å²) >= 11 is 15.3. The molecule has 2 saturated carbocycles. The summed E-state index contributed by atoms with van der Waals surface area (Å²) in [6.45, 7) is 27.1. The fraction of sp³-hybridized carbons (Fsp3) is 0.417. The van der Waals surface area contributed by atoms with Gasteiger partial charge in [-0.25, -0.2) is 9.69 Å². The Morgan fingerprint density at radius 1 is 0.719 bits per heavy atom. The molecule has 6 aromatic rings. The van der Waals surface area contributed by atoms with Crippen LogP contribution in [0.5, 0.6) is 0 Å². The largest absolute Gasteiger partial charge is 0.496 e. The van der Waals surface area contributed by atoms with E-state index in [0.717, 1.165) is 105 Å². The molecule has 4 atom stereocenters. The van der Waals surface area contributed by atoms with Crippen molar-refractivity contribution in [2.45, 2.75) is 128 Å². The number of benzene rings is 2. The second-order valence-electron chi connectivity index (χ2n) is 18.1. The Balaban J connectivity index is 0.000000161. The molecule has 9 rings (SSSR count). The lowest BCUT2D eigenvalue weighted by atomic mass is 9.79. The SMILES string of the molecule is Nc1cncc(Br)c1Cl.[C-]#[N+]c1cc2c(-c3cncc(N)c3Cl)cn([C@@H]3CCC[C@@H](O)C3)c2cc1C.[C-]#[N+]c1cc2c(B3OC(C)(C)C(C)(C)O3)cn([C@@H]3CCC[C@@H](O)C3)c2cc1C. The van der Waals surface area contributed by atoms with Gasteiger partial charge in [0.2, 0.25) is 0 Å². The van der Waals surface area contributed by atoms with Gasteiger partial charge in [0, 0.05) is 64.5 Å². The monoisotopic (exact) mass is 966 g/mol. The maximum Gasteiger partial charge on any atom is 0.496 e. The molecule has 0 unspecified atom stereocenters. The van der Waals surface area contributed by atoms with Crippen LogP contribution >= 0.6 is 39.1 Å². The van der Waals surface area contributed by atoms with Gasteiger partial charge in [-0.15, -0.1) is 0 Å². The summed E-state index contributed by atoms with van der Waals surface area (Å²) in [6, 6.07) is 8.51. The highest BCUT2D eigenvalue weighted by Gasteiger charge is 2.52. The fourth-order valence-electron chi connectivity index (χ4n) is 8.89. The number of aromatic nitrogens is 4. The van der Waals surface area contributed by atoms with Gasteiger partial charge in [-0.05, 0) is 155 Å². The third kappa shape index (κ3) is 9.52. The number of fused-ring (bicyclic) bond motifs is 2. The molecule has 1 aliphatic heterocycles. The molecule has 1 saturated heterocycles. The van der Waals surface area contributed by atoms with E-state index in [2.05, 4.69) is 96.9 Å². The van der Waals surface area contributed by atoms with E-state index in [1.807, 2.05) is 26.0 Å². The molecule has 0 bridgehead atoms. The predicted molar refractivity (Wildman–Crippen MR) is 263 cm³/mol. The van der Waals surface area contributed by atoms with Crippen molar-refractivity contribution in [3.8, 4) is 11.1 Å². The van der Waals surface area contributed by atoms with E-state index in [9.17, 15) is 10.2 Å². The molecular formula is C48H54BBrCl2N8O4. The van der Waals surface area contributed by atoms with Crippen LogP contribution in [-0.2, 0) is 9.31 Å². The van der Waals surface area contributed by atoms with Crippen LogP contribution in [0.1, 0.15) is 102 Å². The smallest absolute Gasteiger partial charge is 0.399 e. The first-order valence-corrected chi connectivity index (χ1v) is 23.1. The number of halogens is 3. The predicted octanol–water partition coefficient (Wildman–Crippen LogP) is 11.6. The van der Waals surface area contributed by atoms with Crippen LogP contribution in [0.2, 0.25) is 10.0 Å². The average Bonchev–Trinajstić information content (AvgIpc) is 3.87. The van der Waals surface area contributed by atoms with Gasteiger partial charge in [0.05, 0.1) is 74.8 Å². The number of nitrogens with zero attached hydrogens (tertiary/aromatic N) is 6. The first-order chi connectivity index (χ1) is 30.3. The number of hydrogen-bond donors (Lipinski definition) is 4. The number of anilines is 2. The highest BCUT2D eigenvalue weighted by Crippen LogP contribution is 2.43. The van der Waals surface area contributed by atoms with E-state index >= 15 is 0 Å². The average molecular weight is 969 g/mol. The maximum absolute atomic E-state index is 10.2. The lowest BCUT2D eigenvalue weighted by Gasteiger charge is -2.32. The molecule has 6 N–H and O–H groups in total.